The van der Waals surface area contributed by atoms with Crippen molar-refractivity contribution >= 4 is 29.3 Å². The van der Waals surface area contributed by atoms with Gasteiger partial charge in [0.1, 0.15) is 0 Å². The number of nitrogens with one attached hydrogen (secondary N) is 2. The molecule has 0 spiro atoms. The van der Waals surface area contributed by atoms with Crippen molar-refractivity contribution in [3.8, 4) is 11.1 Å². The van der Waals surface area contributed by atoms with E-state index in [-0.39, 0.29) is 18.1 Å². The summed E-state index contributed by atoms with van der Waals surface area (Å²) in [6.07, 6.45) is -4.52. The quantitative estimate of drug-likeness (QED) is 0.248. The minimum Gasteiger partial charge on any atom is -0.479 e. The van der Waals surface area contributed by atoms with Crippen LogP contribution in [-0.2, 0) is 17.5 Å². The van der Waals surface area contributed by atoms with Crippen LogP contribution in [0.2, 0.25) is 0 Å². The van der Waals surface area contributed by atoms with Gasteiger partial charge in [0.2, 0.25) is 0 Å². The van der Waals surface area contributed by atoms with Gasteiger partial charge < -0.3 is 20.6 Å². The van der Waals surface area contributed by atoms with Crippen molar-refractivity contribution < 1.29 is 32.7 Å². The number of anilines is 2. The van der Waals surface area contributed by atoms with Crippen LogP contribution >= 0.6 is 0 Å². The van der Waals surface area contributed by atoms with Crippen LogP contribution in [0.25, 0.3) is 11.1 Å². The summed E-state index contributed by atoms with van der Waals surface area (Å²) >= 11 is 0. The molecule has 0 radical (unpaired) electrons. The van der Waals surface area contributed by atoms with Gasteiger partial charge in [-0.15, -0.1) is 0 Å². The van der Waals surface area contributed by atoms with Gasteiger partial charge in [-0.05, 0) is 58.7 Å². The zero-order chi connectivity index (χ0) is 28.4. The topological polar surface area (TPSA) is 98.7 Å². The molecule has 3 amide bonds. The number of carbonyl (C=O) groups is 3. The number of carbonyl (C=O) groups excluding carboxylic acids is 2. The number of hydrogen-bond donors (Lipinski definition) is 3. The van der Waals surface area contributed by atoms with Gasteiger partial charge in [-0.3, -0.25) is 4.79 Å². The fraction of sp³-hybridized carbons (Fsp3) is 0.100. The zero-order valence-electron chi connectivity index (χ0n) is 20.8. The summed E-state index contributed by atoms with van der Waals surface area (Å²) in [6, 6.07) is 23.1. The van der Waals surface area contributed by atoms with E-state index in [1.165, 1.54) is 17.0 Å². The Morgan fingerprint density at radius 1 is 0.800 bits per heavy atom. The predicted molar refractivity (Wildman–Crippen MR) is 143 cm³/mol. The number of halogens is 3. The van der Waals surface area contributed by atoms with Gasteiger partial charge >= 0.3 is 18.2 Å². The molecule has 5 rings (SSSR count). The minimum absolute atomic E-state index is 0.00167. The van der Waals surface area contributed by atoms with E-state index in [1.54, 1.807) is 66.7 Å². The van der Waals surface area contributed by atoms with E-state index in [2.05, 4.69) is 10.6 Å². The first-order chi connectivity index (χ1) is 19.1. The highest BCUT2D eigenvalue weighted by atomic mass is 19.4. The third kappa shape index (κ3) is 5.51. The molecular weight excluding hydrogens is 523 g/mol. The first-order valence-electron chi connectivity index (χ1n) is 12.2. The maximum atomic E-state index is 13.2. The van der Waals surface area contributed by atoms with Crippen LogP contribution in [0.3, 0.4) is 0 Å². The Labute approximate surface area is 226 Å². The van der Waals surface area contributed by atoms with Crippen molar-refractivity contribution in [2.24, 2.45) is 0 Å². The monoisotopic (exact) mass is 545 g/mol. The average molecular weight is 546 g/mol. The standard InChI is InChI=1S/C30H22F3N3O4/c31-30(32,33)22-7-4-8-24(16-22)35-29(40)34-23-13-11-18(12-14-23)20-9-10-21-17-36(27(37)25(21)15-20)26(28(38)39)19-5-2-1-3-6-19/h1-16,26H,17H2,(H,38,39)(H2,34,35,40)/t26-/m0/s1. The summed E-state index contributed by atoms with van der Waals surface area (Å²) in [6.45, 7) is 0.171. The second-order valence-corrected chi connectivity index (χ2v) is 9.19. The Morgan fingerprint density at radius 3 is 2.15 bits per heavy atom. The van der Waals surface area contributed by atoms with Gasteiger partial charge in [0.15, 0.2) is 6.04 Å². The van der Waals surface area contributed by atoms with Gasteiger partial charge in [-0.2, -0.15) is 13.2 Å². The van der Waals surface area contributed by atoms with Gasteiger partial charge in [-0.1, -0.05) is 60.7 Å². The lowest BCUT2D eigenvalue weighted by molar-refractivity contribution is -0.142. The average Bonchev–Trinajstić information content (AvgIpc) is 3.24. The largest absolute Gasteiger partial charge is 0.479 e. The highest BCUT2D eigenvalue weighted by Crippen LogP contribution is 2.34. The number of fused-ring (bicyclic) bond motifs is 1. The first kappa shape index (κ1) is 26.5. The fourth-order valence-corrected chi connectivity index (χ4v) is 4.62. The van der Waals surface area contributed by atoms with E-state index < -0.39 is 29.8 Å². The van der Waals surface area contributed by atoms with Crippen LogP contribution in [-0.4, -0.2) is 27.9 Å². The number of amides is 3. The van der Waals surface area contributed by atoms with E-state index in [0.29, 0.717) is 16.8 Å². The van der Waals surface area contributed by atoms with E-state index in [1.807, 2.05) is 6.07 Å². The van der Waals surface area contributed by atoms with Gasteiger partial charge in [-0.25, -0.2) is 9.59 Å². The van der Waals surface area contributed by atoms with E-state index >= 15 is 0 Å². The molecule has 1 heterocycles. The Balaban J connectivity index is 1.28. The number of carboxylic acid groups (broad SMARTS) is 1. The number of rotatable bonds is 6. The number of alkyl halides is 3. The summed E-state index contributed by atoms with van der Waals surface area (Å²) in [4.78, 5) is 39.0. The molecule has 0 aromatic heterocycles. The molecule has 1 aliphatic heterocycles. The molecule has 0 saturated heterocycles. The second kappa shape index (κ2) is 10.6. The van der Waals surface area contributed by atoms with Crippen LogP contribution < -0.4 is 10.6 Å². The summed E-state index contributed by atoms with van der Waals surface area (Å²) in [5.74, 6) is -1.49. The maximum absolute atomic E-state index is 13.2. The molecule has 3 N–H and O–H groups in total. The van der Waals surface area contributed by atoms with Gasteiger partial charge in [0.25, 0.3) is 5.91 Å². The van der Waals surface area contributed by atoms with Crippen molar-refractivity contribution in [1.82, 2.24) is 4.90 Å². The molecular formula is C30H22F3N3O4. The van der Waals surface area contributed by atoms with Crippen LogP contribution in [0.5, 0.6) is 0 Å². The normalized spacial score (nSPS) is 13.5. The summed E-state index contributed by atoms with van der Waals surface area (Å²) in [5, 5.41) is 14.8. The molecule has 0 bridgehead atoms. The van der Waals surface area contributed by atoms with Crippen molar-refractivity contribution in [3.63, 3.8) is 0 Å². The zero-order valence-corrected chi connectivity index (χ0v) is 20.8. The Bertz CT molecular complexity index is 1590. The molecule has 7 nitrogen and oxygen atoms in total. The summed E-state index contributed by atoms with van der Waals surface area (Å²) in [7, 11) is 0. The molecule has 4 aromatic carbocycles. The molecule has 202 valence electrons. The van der Waals surface area contributed by atoms with E-state index in [9.17, 15) is 32.7 Å². The van der Waals surface area contributed by atoms with Crippen LogP contribution in [0.1, 0.15) is 33.1 Å². The first-order valence-corrected chi connectivity index (χ1v) is 12.2. The van der Waals surface area contributed by atoms with E-state index in [0.717, 1.165) is 28.8 Å². The van der Waals surface area contributed by atoms with Crippen molar-refractivity contribution in [3.05, 3.63) is 119 Å². The second-order valence-electron chi connectivity index (χ2n) is 9.19. The summed E-state index contributed by atoms with van der Waals surface area (Å²) in [5.41, 5.74) is 2.65. The Morgan fingerprint density at radius 2 is 1.48 bits per heavy atom. The van der Waals surface area contributed by atoms with E-state index in [4.69, 9.17) is 0 Å². The molecule has 10 heteroatoms. The minimum atomic E-state index is -4.52. The van der Waals surface area contributed by atoms with Crippen molar-refractivity contribution in [2.75, 3.05) is 10.6 Å². The Hall–Kier alpha value is -5.12. The number of aliphatic carboxylic acids is 1. The van der Waals surface area contributed by atoms with Crippen LogP contribution in [0.4, 0.5) is 29.3 Å². The number of nitrogens with zero attached hydrogens (tertiary/aromatic N) is 1. The molecule has 0 saturated carbocycles. The smallest absolute Gasteiger partial charge is 0.416 e. The van der Waals surface area contributed by atoms with Crippen molar-refractivity contribution in [2.45, 2.75) is 18.8 Å². The third-order valence-electron chi connectivity index (χ3n) is 6.53. The lowest BCUT2D eigenvalue weighted by atomic mass is 10.00. The highest BCUT2D eigenvalue weighted by molar-refractivity contribution is 6.02. The van der Waals surface area contributed by atoms with Gasteiger partial charge in [0.05, 0.1) is 5.56 Å². The lowest BCUT2D eigenvalue weighted by Crippen LogP contribution is -2.34. The molecule has 40 heavy (non-hydrogen) atoms. The number of hydrogen-bond acceptors (Lipinski definition) is 3. The molecule has 0 fully saturated rings. The molecule has 0 aliphatic carbocycles. The number of benzene rings is 4. The van der Waals surface area contributed by atoms with Crippen LogP contribution in [0.15, 0.2) is 97.1 Å². The van der Waals surface area contributed by atoms with Crippen LogP contribution in [0, 0.1) is 0 Å². The fourth-order valence-electron chi connectivity index (χ4n) is 4.62. The van der Waals surface area contributed by atoms with Gasteiger partial charge in [0, 0.05) is 23.5 Å². The molecule has 1 atom stereocenters. The number of urea groups is 1. The maximum Gasteiger partial charge on any atom is 0.416 e. The van der Waals surface area contributed by atoms with Crippen molar-refractivity contribution in [1.29, 1.82) is 0 Å². The predicted octanol–water partition coefficient (Wildman–Crippen LogP) is 6.80. The third-order valence-corrected chi connectivity index (χ3v) is 6.53. The molecule has 0 unspecified atom stereocenters. The Kier molecular flexibility index (Phi) is 7.00. The molecule has 1 aliphatic rings. The SMILES string of the molecule is O=C(Nc1ccc(-c2ccc3c(c2)C(=O)N([C@H](C(=O)O)c2ccccc2)C3)cc1)Nc1cccc(C(F)(F)F)c1. The highest BCUT2D eigenvalue weighted by Gasteiger charge is 2.37. The number of carboxylic acids is 1. The summed E-state index contributed by atoms with van der Waals surface area (Å²) < 4.78 is 38.7. The molecule has 4 aromatic rings. The lowest BCUT2D eigenvalue weighted by Gasteiger charge is -2.24.